The van der Waals surface area contributed by atoms with Crippen molar-refractivity contribution in [1.29, 1.82) is 0 Å². The fourth-order valence-electron chi connectivity index (χ4n) is 1.95. The first-order chi connectivity index (χ1) is 9.99. The second-order valence-corrected chi connectivity index (χ2v) is 4.77. The fourth-order valence-corrected chi connectivity index (χ4v) is 2.21. The van der Waals surface area contributed by atoms with E-state index in [1.165, 1.54) is 18.7 Å². The second-order valence-electron chi connectivity index (χ2n) is 4.38. The van der Waals surface area contributed by atoms with Crippen molar-refractivity contribution in [2.75, 3.05) is 14.2 Å². The van der Waals surface area contributed by atoms with Crippen molar-refractivity contribution in [3.05, 3.63) is 51.5 Å². The van der Waals surface area contributed by atoms with Gasteiger partial charge in [0.15, 0.2) is 4.77 Å². The van der Waals surface area contributed by atoms with Gasteiger partial charge < -0.3 is 4.98 Å². The first-order valence-electron chi connectivity index (χ1n) is 6.19. The normalized spacial score (nSPS) is 10.6. The number of aromatic amines is 1. The molecule has 1 heterocycles. The number of carbonyl (C=O) groups excluding carboxylic acids is 1. The van der Waals surface area contributed by atoms with E-state index in [1.54, 1.807) is 24.3 Å². The van der Waals surface area contributed by atoms with Gasteiger partial charge in [0, 0.05) is 19.2 Å². The van der Waals surface area contributed by atoms with E-state index in [2.05, 4.69) is 11.6 Å². The number of nitrogens with one attached hydrogen (secondary N) is 1. The number of benzene rings is 1. The second kappa shape index (κ2) is 6.02. The Morgan fingerprint density at radius 1 is 1.57 bits per heavy atom. The van der Waals surface area contributed by atoms with E-state index in [9.17, 15) is 9.59 Å². The number of allylic oxidation sites excluding steroid dienone is 1. The molecule has 0 bridgehead atoms. The Hall–Kier alpha value is -2.25. The number of fused-ring (bicyclic) bond motifs is 1. The summed E-state index contributed by atoms with van der Waals surface area (Å²) in [5, 5.41) is 1.57. The molecular formula is C14H15N3O3S. The highest BCUT2D eigenvalue weighted by Crippen LogP contribution is 2.12. The molecule has 110 valence electrons. The lowest BCUT2D eigenvalue weighted by atomic mass is 10.1. The first kappa shape index (κ1) is 15.1. The van der Waals surface area contributed by atoms with Crippen molar-refractivity contribution in [3.63, 3.8) is 0 Å². The van der Waals surface area contributed by atoms with Crippen LogP contribution in [-0.4, -0.2) is 34.7 Å². The highest BCUT2D eigenvalue weighted by Gasteiger charge is 2.13. The summed E-state index contributed by atoms with van der Waals surface area (Å²) >= 11 is 5.16. The van der Waals surface area contributed by atoms with Gasteiger partial charge in [0.2, 0.25) is 0 Å². The van der Waals surface area contributed by atoms with Crippen LogP contribution in [0.5, 0.6) is 0 Å². The van der Waals surface area contributed by atoms with E-state index in [4.69, 9.17) is 17.1 Å². The quantitative estimate of drug-likeness (QED) is 0.532. The average molecular weight is 305 g/mol. The maximum atomic E-state index is 12.3. The molecule has 0 aliphatic carbocycles. The lowest BCUT2D eigenvalue weighted by molar-refractivity contribution is -0.0756. The molecule has 0 aliphatic rings. The smallest absolute Gasteiger partial charge is 0.277 e. The van der Waals surface area contributed by atoms with Gasteiger partial charge in [-0.15, -0.1) is 6.58 Å². The molecule has 0 fully saturated rings. The van der Waals surface area contributed by atoms with Crippen LogP contribution in [0, 0.1) is 4.77 Å². The van der Waals surface area contributed by atoms with Crippen LogP contribution in [-0.2, 0) is 11.4 Å². The van der Waals surface area contributed by atoms with E-state index < -0.39 is 0 Å². The van der Waals surface area contributed by atoms with Crippen molar-refractivity contribution >= 4 is 29.0 Å². The number of amides is 1. The molecule has 0 radical (unpaired) electrons. The largest absolute Gasteiger partial charge is 0.332 e. The predicted octanol–water partition coefficient (Wildman–Crippen LogP) is 1.88. The van der Waals surface area contributed by atoms with Crippen LogP contribution < -0.4 is 5.56 Å². The minimum atomic E-state index is -0.311. The third kappa shape index (κ3) is 2.79. The summed E-state index contributed by atoms with van der Waals surface area (Å²) in [5.74, 6) is -0.311. The topological polar surface area (TPSA) is 67.3 Å². The number of nitrogens with zero attached hydrogens (tertiary/aromatic N) is 2. The van der Waals surface area contributed by atoms with Crippen molar-refractivity contribution in [1.82, 2.24) is 14.6 Å². The lowest BCUT2D eigenvalue weighted by Crippen LogP contribution is -2.26. The van der Waals surface area contributed by atoms with E-state index in [0.29, 0.717) is 23.0 Å². The van der Waals surface area contributed by atoms with Crippen molar-refractivity contribution in [3.8, 4) is 0 Å². The number of rotatable bonds is 4. The molecule has 0 saturated carbocycles. The Balaban J connectivity index is 2.63. The highest BCUT2D eigenvalue weighted by atomic mass is 32.1. The molecule has 0 atom stereocenters. The predicted molar refractivity (Wildman–Crippen MR) is 82.7 cm³/mol. The summed E-state index contributed by atoms with van der Waals surface area (Å²) in [6, 6.07) is 4.76. The number of hydroxylamine groups is 2. The van der Waals surface area contributed by atoms with Gasteiger partial charge in [-0.3, -0.25) is 19.0 Å². The van der Waals surface area contributed by atoms with E-state index in [-0.39, 0.29) is 16.2 Å². The van der Waals surface area contributed by atoms with Crippen LogP contribution in [0.2, 0.25) is 0 Å². The van der Waals surface area contributed by atoms with Crippen LogP contribution in [0.25, 0.3) is 10.9 Å². The lowest BCUT2D eigenvalue weighted by Gasteiger charge is -2.14. The molecule has 6 nitrogen and oxygen atoms in total. The molecule has 2 aromatic rings. The summed E-state index contributed by atoms with van der Waals surface area (Å²) in [7, 11) is 2.91. The SMILES string of the molecule is C=CCn1c(=S)[nH]c2cc(C(=O)N(C)OC)ccc2c1=O. The summed E-state index contributed by atoms with van der Waals surface area (Å²) in [6.07, 6.45) is 1.60. The van der Waals surface area contributed by atoms with Crippen molar-refractivity contribution in [2.24, 2.45) is 0 Å². The zero-order chi connectivity index (χ0) is 15.6. The van der Waals surface area contributed by atoms with Crippen LogP contribution >= 0.6 is 12.2 Å². The van der Waals surface area contributed by atoms with Crippen LogP contribution in [0.1, 0.15) is 10.4 Å². The van der Waals surface area contributed by atoms with Gasteiger partial charge in [-0.1, -0.05) is 6.08 Å². The zero-order valence-corrected chi connectivity index (χ0v) is 12.6. The number of hydrogen-bond acceptors (Lipinski definition) is 4. The van der Waals surface area contributed by atoms with E-state index in [1.807, 2.05) is 0 Å². The molecule has 1 amide bonds. The van der Waals surface area contributed by atoms with Crippen molar-refractivity contribution < 1.29 is 9.63 Å². The molecule has 1 aromatic heterocycles. The molecule has 0 unspecified atom stereocenters. The maximum Gasteiger partial charge on any atom is 0.277 e. The maximum absolute atomic E-state index is 12.3. The Kier molecular flexibility index (Phi) is 4.35. The molecule has 1 N–H and O–H groups in total. The summed E-state index contributed by atoms with van der Waals surface area (Å²) in [5.41, 5.74) is 0.701. The molecule has 21 heavy (non-hydrogen) atoms. The van der Waals surface area contributed by atoms with Crippen LogP contribution in [0.4, 0.5) is 0 Å². The summed E-state index contributed by atoms with van der Waals surface area (Å²) < 4.78 is 1.70. The van der Waals surface area contributed by atoms with Gasteiger partial charge in [-0.25, -0.2) is 5.06 Å². The third-order valence-corrected chi connectivity index (χ3v) is 3.42. The minimum absolute atomic E-state index is 0.215. The Morgan fingerprint density at radius 2 is 2.29 bits per heavy atom. The third-order valence-electron chi connectivity index (χ3n) is 3.10. The molecule has 0 spiro atoms. The van der Waals surface area contributed by atoms with Gasteiger partial charge in [-0.05, 0) is 30.4 Å². The first-order valence-corrected chi connectivity index (χ1v) is 6.60. The zero-order valence-electron chi connectivity index (χ0n) is 11.8. The minimum Gasteiger partial charge on any atom is -0.332 e. The fraction of sp³-hybridized carbons (Fsp3) is 0.214. The number of aromatic nitrogens is 2. The van der Waals surface area contributed by atoms with Gasteiger partial charge in [0.05, 0.1) is 18.0 Å². The van der Waals surface area contributed by atoms with E-state index in [0.717, 1.165) is 5.06 Å². The standard InChI is InChI=1S/C14H15N3O3S/c1-4-7-17-13(19)10-6-5-9(12(18)16(2)20-3)8-11(10)15-14(17)21/h4-6,8H,1,7H2,2-3H3,(H,15,21). The molecule has 0 aliphatic heterocycles. The van der Waals surface area contributed by atoms with Crippen molar-refractivity contribution in [2.45, 2.75) is 6.54 Å². The van der Waals surface area contributed by atoms with Gasteiger partial charge in [-0.2, -0.15) is 0 Å². The average Bonchev–Trinajstić information content (AvgIpc) is 2.49. The highest BCUT2D eigenvalue weighted by molar-refractivity contribution is 7.71. The molecule has 0 saturated heterocycles. The van der Waals surface area contributed by atoms with Crippen LogP contribution in [0.15, 0.2) is 35.6 Å². The van der Waals surface area contributed by atoms with E-state index >= 15 is 0 Å². The Labute approximate surface area is 126 Å². The van der Waals surface area contributed by atoms with Gasteiger partial charge in [0.25, 0.3) is 11.5 Å². The van der Waals surface area contributed by atoms with Gasteiger partial charge in [0.1, 0.15) is 0 Å². The van der Waals surface area contributed by atoms with Gasteiger partial charge >= 0.3 is 0 Å². The Morgan fingerprint density at radius 3 is 2.90 bits per heavy atom. The molecular weight excluding hydrogens is 290 g/mol. The monoisotopic (exact) mass is 305 g/mol. The molecule has 7 heteroatoms. The number of H-pyrrole nitrogens is 1. The molecule has 2 rings (SSSR count). The Bertz CT molecular complexity index is 822. The summed E-state index contributed by atoms with van der Waals surface area (Å²) in [6.45, 7) is 3.93. The summed E-state index contributed by atoms with van der Waals surface area (Å²) in [4.78, 5) is 32.1. The molecule has 1 aromatic carbocycles. The number of hydrogen-bond donors (Lipinski definition) is 1. The van der Waals surface area contributed by atoms with Crippen LogP contribution in [0.3, 0.4) is 0 Å². The number of carbonyl (C=O) groups is 1.